The Bertz CT molecular complexity index is 1430. The summed E-state index contributed by atoms with van der Waals surface area (Å²) in [6.45, 7) is 4.66. The van der Waals surface area contributed by atoms with Gasteiger partial charge in [-0.15, -0.1) is 5.10 Å². The topological polar surface area (TPSA) is 96.7 Å². The number of carbonyl (C=O) groups is 1. The number of methoxy groups -OCH3 is 1. The van der Waals surface area contributed by atoms with E-state index in [-0.39, 0.29) is 5.91 Å². The number of fused-ring (bicyclic) bond motifs is 3. The SMILES string of the molecule is COc1ccc2c(c1)CCN2c1nccn2nc(Nc3ccc4c(c3)NC(=O)C4(C)C)nc12. The Balaban J connectivity index is 1.33. The number of anilines is 5. The van der Waals surface area contributed by atoms with Crippen molar-refractivity contribution < 1.29 is 9.53 Å². The van der Waals surface area contributed by atoms with Crippen LogP contribution >= 0.6 is 0 Å². The molecule has 4 aromatic rings. The summed E-state index contributed by atoms with van der Waals surface area (Å²) in [6.07, 6.45) is 4.43. The minimum absolute atomic E-state index is 0.000245. The molecule has 4 heterocycles. The van der Waals surface area contributed by atoms with Gasteiger partial charge in [0.1, 0.15) is 5.75 Å². The number of amides is 1. The standard InChI is InChI=1S/C24H23N7O2/c1-24(2)17-6-4-15(13-18(17)27-22(24)32)26-23-28-21-20(25-9-11-31(21)29-23)30-10-8-14-12-16(33-3)5-7-19(14)30/h4-7,9,11-13H,8,10H2,1-3H3,(H,26,29)(H,27,32). The Morgan fingerprint density at radius 1 is 1.18 bits per heavy atom. The average Bonchev–Trinajstić information content (AvgIpc) is 3.47. The molecule has 166 valence electrons. The highest BCUT2D eigenvalue weighted by Crippen LogP contribution is 2.39. The van der Waals surface area contributed by atoms with Crippen molar-refractivity contribution in [3.63, 3.8) is 0 Å². The first kappa shape index (κ1) is 19.5. The van der Waals surface area contributed by atoms with Gasteiger partial charge in [0.15, 0.2) is 5.82 Å². The largest absolute Gasteiger partial charge is 0.497 e. The summed E-state index contributed by atoms with van der Waals surface area (Å²) >= 11 is 0. The van der Waals surface area contributed by atoms with Gasteiger partial charge in [-0.25, -0.2) is 9.50 Å². The van der Waals surface area contributed by atoms with Crippen LogP contribution in [0.3, 0.4) is 0 Å². The van der Waals surface area contributed by atoms with Crippen LogP contribution in [0.4, 0.5) is 28.8 Å². The summed E-state index contributed by atoms with van der Waals surface area (Å²) in [6, 6.07) is 11.9. The molecule has 9 heteroatoms. The van der Waals surface area contributed by atoms with Gasteiger partial charge in [0.25, 0.3) is 0 Å². The molecule has 0 spiro atoms. The van der Waals surface area contributed by atoms with Crippen molar-refractivity contribution >= 4 is 40.4 Å². The van der Waals surface area contributed by atoms with E-state index in [0.717, 1.165) is 47.2 Å². The number of nitrogens with zero attached hydrogens (tertiary/aromatic N) is 5. The molecule has 2 aromatic carbocycles. The number of ether oxygens (including phenoxy) is 1. The normalized spacial score (nSPS) is 16.0. The number of carbonyl (C=O) groups excluding carboxylic acids is 1. The van der Waals surface area contributed by atoms with Gasteiger partial charge in [0, 0.05) is 36.0 Å². The van der Waals surface area contributed by atoms with Crippen molar-refractivity contribution in [1.82, 2.24) is 19.6 Å². The second-order valence-electron chi connectivity index (χ2n) is 8.82. The fourth-order valence-corrected chi connectivity index (χ4v) is 4.57. The van der Waals surface area contributed by atoms with E-state index in [1.807, 2.05) is 38.1 Å². The Morgan fingerprint density at radius 3 is 2.91 bits per heavy atom. The second kappa shape index (κ2) is 6.93. The molecule has 0 saturated heterocycles. The van der Waals surface area contributed by atoms with Gasteiger partial charge in [-0.05, 0) is 61.7 Å². The third-order valence-electron chi connectivity index (χ3n) is 6.44. The number of benzene rings is 2. The fourth-order valence-electron chi connectivity index (χ4n) is 4.57. The second-order valence-corrected chi connectivity index (χ2v) is 8.82. The van der Waals surface area contributed by atoms with Crippen LogP contribution in [-0.4, -0.2) is 39.1 Å². The summed E-state index contributed by atoms with van der Waals surface area (Å²) in [5.74, 6) is 2.07. The molecule has 0 radical (unpaired) electrons. The summed E-state index contributed by atoms with van der Waals surface area (Å²) < 4.78 is 7.09. The number of aromatic nitrogens is 4. The van der Waals surface area contributed by atoms with Crippen molar-refractivity contribution in [2.45, 2.75) is 25.7 Å². The van der Waals surface area contributed by atoms with E-state index >= 15 is 0 Å². The lowest BCUT2D eigenvalue weighted by atomic mass is 9.86. The molecule has 0 aliphatic carbocycles. The molecule has 0 saturated carbocycles. The summed E-state index contributed by atoms with van der Waals surface area (Å²) in [7, 11) is 1.68. The van der Waals surface area contributed by atoms with Crippen LogP contribution in [0.1, 0.15) is 25.0 Å². The Hall–Kier alpha value is -4.14. The Morgan fingerprint density at radius 2 is 2.06 bits per heavy atom. The minimum atomic E-state index is -0.536. The van der Waals surface area contributed by atoms with Gasteiger partial charge in [-0.3, -0.25) is 4.79 Å². The molecule has 2 aromatic heterocycles. The zero-order chi connectivity index (χ0) is 22.7. The fraction of sp³-hybridized carbons (Fsp3) is 0.250. The number of hydrogen-bond donors (Lipinski definition) is 2. The first-order valence-corrected chi connectivity index (χ1v) is 10.8. The van der Waals surface area contributed by atoms with E-state index in [1.54, 1.807) is 24.0 Å². The molecule has 0 atom stereocenters. The van der Waals surface area contributed by atoms with Crippen molar-refractivity contribution in [2.24, 2.45) is 0 Å². The van der Waals surface area contributed by atoms with Crippen LogP contribution in [0, 0.1) is 0 Å². The molecule has 2 aliphatic rings. The van der Waals surface area contributed by atoms with Crippen LogP contribution in [-0.2, 0) is 16.6 Å². The van der Waals surface area contributed by atoms with Gasteiger partial charge >= 0.3 is 0 Å². The maximum atomic E-state index is 12.2. The highest BCUT2D eigenvalue weighted by atomic mass is 16.5. The van der Waals surface area contributed by atoms with Crippen molar-refractivity contribution in [2.75, 3.05) is 29.2 Å². The maximum absolute atomic E-state index is 12.2. The Kier molecular flexibility index (Phi) is 4.10. The third-order valence-corrected chi connectivity index (χ3v) is 6.44. The van der Waals surface area contributed by atoms with Crippen molar-refractivity contribution in [3.05, 3.63) is 59.9 Å². The summed E-state index contributed by atoms with van der Waals surface area (Å²) in [4.78, 5) is 23.7. The minimum Gasteiger partial charge on any atom is -0.497 e. The maximum Gasteiger partial charge on any atom is 0.247 e. The summed E-state index contributed by atoms with van der Waals surface area (Å²) in [5, 5.41) is 10.8. The lowest BCUT2D eigenvalue weighted by Crippen LogP contribution is -2.26. The monoisotopic (exact) mass is 441 g/mol. The molecule has 0 fully saturated rings. The first-order valence-electron chi connectivity index (χ1n) is 10.8. The van der Waals surface area contributed by atoms with Crippen LogP contribution < -0.4 is 20.3 Å². The van der Waals surface area contributed by atoms with Crippen molar-refractivity contribution in [3.8, 4) is 5.75 Å². The zero-order valence-corrected chi connectivity index (χ0v) is 18.6. The molecule has 0 unspecified atom stereocenters. The van der Waals surface area contributed by atoms with Crippen LogP contribution in [0.2, 0.25) is 0 Å². The third kappa shape index (κ3) is 3.00. The molecule has 33 heavy (non-hydrogen) atoms. The smallest absolute Gasteiger partial charge is 0.247 e. The van der Waals surface area contributed by atoms with Gasteiger partial charge < -0.3 is 20.3 Å². The number of nitrogens with one attached hydrogen (secondary N) is 2. The molecule has 2 aliphatic heterocycles. The van der Waals surface area contributed by atoms with Crippen LogP contribution in [0.15, 0.2) is 48.8 Å². The molecule has 1 amide bonds. The van der Waals surface area contributed by atoms with Gasteiger partial charge in [0.2, 0.25) is 17.5 Å². The molecule has 2 N–H and O–H groups in total. The van der Waals surface area contributed by atoms with Gasteiger partial charge in [-0.2, -0.15) is 4.98 Å². The van der Waals surface area contributed by atoms with E-state index in [9.17, 15) is 4.79 Å². The molecular weight excluding hydrogens is 418 g/mol. The Labute approximate surface area is 190 Å². The zero-order valence-electron chi connectivity index (χ0n) is 18.6. The first-order chi connectivity index (χ1) is 15.9. The number of rotatable bonds is 4. The van der Waals surface area contributed by atoms with E-state index in [1.165, 1.54) is 5.56 Å². The lowest BCUT2D eigenvalue weighted by Gasteiger charge is -2.18. The van der Waals surface area contributed by atoms with Gasteiger partial charge in [-0.1, -0.05) is 6.07 Å². The predicted octanol–water partition coefficient (Wildman–Crippen LogP) is 3.80. The molecule has 9 nitrogen and oxygen atoms in total. The summed E-state index contributed by atoms with van der Waals surface area (Å²) in [5.41, 5.74) is 5.05. The molecular formula is C24H23N7O2. The van der Waals surface area contributed by atoms with Crippen LogP contribution in [0.25, 0.3) is 5.65 Å². The highest BCUT2D eigenvalue weighted by Gasteiger charge is 2.38. The van der Waals surface area contributed by atoms with Crippen molar-refractivity contribution in [1.29, 1.82) is 0 Å². The van der Waals surface area contributed by atoms with E-state index in [4.69, 9.17) is 9.72 Å². The van der Waals surface area contributed by atoms with Crippen LogP contribution in [0.5, 0.6) is 5.75 Å². The van der Waals surface area contributed by atoms with E-state index in [2.05, 4.69) is 37.7 Å². The van der Waals surface area contributed by atoms with E-state index in [0.29, 0.717) is 11.6 Å². The quantitative estimate of drug-likeness (QED) is 0.497. The average molecular weight is 441 g/mol. The lowest BCUT2D eigenvalue weighted by molar-refractivity contribution is -0.119. The highest BCUT2D eigenvalue weighted by molar-refractivity contribution is 6.06. The van der Waals surface area contributed by atoms with E-state index < -0.39 is 5.41 Å². The molecule has 0 bridgehead atoms. The number of hydrogen-bond acceptors (Lipinski definition) is 7. The van der Waals surface area contributed by atoms with Gasteiger partial charge in [0.05, 0.1) is 12.5 Å². The molecule has 6 rings (SSSR count). The predicted molar refractivity (Wildman–Crippen MR) is 126 cm³/mol.